The maximum Gasteiger partial charge on any atom is 0.296 e. The van der Waals surface area contributed by atoms with Gasteiger partial charge in [-0.15, -0.1) is 0 Å². The second-order valence-corrected chi connectivity index (χ2v) is 7.26. The van der Waals surface area contributed by atoms with Gasteiger partial charge in [-0.3, -0.25) is 19.6 Å². The van der Waals surface area contributed by atoms with E-state index in [1.54, 1.807) is 60.9 Å². The number of aliphatic hydroxyl groups is 1. The Kier molecular flexibility index (Phi) is 5.68. The first-order valence-corrected chi connectivity index (χ1v) is 9.82. The lowest BCUT2D eigenvalue weighted by Crippen LogP contribution is -2.29. The zero-order valence-corrected chi connectivity index (χ0v) is 17.3. The summed E-state index contributed by atoms with van der Waals surface area (Å²) < 4.78 is 5.14. The molecule has 2 aromatic heterocycles. The Morgan fingerprint density at radius 3 is 2.45 bits per heavy atom. The van der Waals surface area contributed by atoms with Crippen LogP contribution in [0.2, 0.25) is 5.02 Å². The van der Waals surface area contributed by atoms with E-state index in [0.29, 0.717) is 22.7 Å². The highest BCUT2D eigenvalue weighted by atomic mass is 35.5. The number of halogens is 1. The Bertz CT molecular complexity index is 1170. The van der Waals surface area contributed by atoms with Gasteiger partial charge >= 0.3 is 0 Å². The minimum Gasteiger partial charge on any atom is -0.507 e. The number of benzene rings is 1. The van der Waals surface area contributed by atoms with Gasteiger partial charge in [-0.2, -0.15) is 0 Å². The Morgan fingerprint density at radius 2 is 1.84 bits per heavy atom. The number of aromatic nitrogens is 2. The van der Waals surface area contributed by atoms with Gasteiger partial charge in [0.2, 0.25) is 0 Å². The Labute approximate surface area is 183 Å². The minimum atomic E-state index is -0.871. The molecule has 1 aliphatic heterocycles. The maximum atomic E-state index is 13.0. The predicted molar refractivity (Wildman–Crippen MR) is 114 cm³/mol. The number of Topliss-reactive ketones (excluding diaryl/α,β-unsaturated/α-hetero) is 1. The lowest BCUT2D eigenvalue weighted by atomic mass is 9.98. The molecule has 0 saturated carbocycles. The van der Waals surface area contributed by atoms with Crippen molar-refractivity contribution in [2.45, 2.75) is 12.6 Å². The number of ketones is 1. The molecule has 1 N–H and O–H groups in total. The third kappa shape index (κ3) is 3.87. The third-order valence-corrected chi connectivity index (χ3v) is 5.29. The van der Waals surface area contributed by atoms with Crippen LogP contribution in [0.5, 0.6) is 5.75 Å². The molecule has 31 heavy (non-hydrogen) atoms. The Balaban J connectivity index is 1.85. The summed E-state index contributed by atoms with van der Waals surface area (Å²) in [5.41, 5.74) is 1.31. The predicted octanol–water partition coefficient (Wildman–Crippen LogP) is 3.76. The van der Waals surface area contributed by atoms with Crippen LogP contribution in [0.3, 0.4) is 0 Å². The summed E-state index contributed by atoms with van der Waals surface area (Å²) in [5.74, 6) is -1.43. The second kappa shape index (κ2) is 8.57. The molecule has 4 rings (SSSR count). The fourth-order valence-corrected chi connectivity index (χ4v) is 3.78. The maximum absolute atomic E-state index is 13.0. The molecule has 7 nitrogen and oxygen atoms in total. The average Bonchev–Trinajstić information content (AvgIpc) is 3.04. The highest BCUT2D eigenvalue weighted by Crippen LogP contribution is 2.40. The minimum absolute atomic E-state index is 0.0548. The lowest BCUT2D eigenvalue weighted by Gasteiger charge is -2.24. The van der Waals surface area contributed by atoms with Crippen LogP contribution in [0.1, 0.15) is 23.0 Å². The normalized spacial score (nSPS) is 17.7. The average molecular weight is 436 g/mol. The highest BCUT2D eigenvalue weighted by Gasteiger charge is 2.46. The number of carbonyl (C=O) groups is 2. The first kappa shape index (κ1) is 20.6. The van der Waals surface area contributed by atoms with Crippen molar-refractivity contribution < 1.29 is 19.4 Å². The molecule has 8 heteroatoms. The molecule has 0 aliphatic carbocycles. The molecule has 0 spiro atoms. The van der Waals surface area contributed by atoms with E-state index in [1.807, 2.05) is 0 Å². The van der Waals surface area contributed by atoms with Crippen LogP contribution in [0.4, 0.5) is 0 Å². The van der Waals surface area contributed by atoms with Gasteiger partial charge in [0.1, 0.15) is 17.6 Å². The first-order valence-electron chi connectivity index (χ1n) is 9.44. The monoisotopic (exact) mass is 435 g/mol. The van der Waals surface area contributed by atoms with Gasteiger partial charge in [-0.25, -0.2) is 0 Å². The van der Waals surface area contributed by atoms with E-state index in [4.69, 9.17) is 16.3 Å². The van der Waals surface area contributed by atoms with Gasteiger partial charge in [-0.05, 0) is 42.5 Å². The van der Waals surface area contributed by atoms with Crippen LogP contribution in [0.25, 0.3) is 5.76 Å². The summed E-state index contributed by atoms with van der Waals surface area (Å²) in [6.07, 6.45) is 3.18. The summed E-state index contributed by atoms with van der Waals surface area (Å²) in [5, 5.41) is 11.3. The first-order chi connectivity index (χ1) is 15.0. The zero-order chi connectivity index (χ0) is 22.0. The molecule has 0 radical (unpaired) electrons. The molecule has 3 aromatic rings. The number of methoxy groups -OCH3 is 1. The van der Waals surface area contributed by atoms with Crippen LogP contribution in [-0.4, -0.2) is 38.8 Å². The van der Waals surface area contributed by atoms with Crippen molar-refractivity contribution in [3.63, 3.8) is 0 Å². The number of hydrogen-bond acceptors (Lipinski definition) is 6. The number of ether oxygens (including phenoxy) is 1. The van der Waals surface area contributed by atoms with Crippen molar-refractivity contribution in [3.05, 3.63) is 94.5 Å². The molecule has 1 aliphatic rings. The molecule has 1 saturated heterocycles. The molecular formula is C23H18ClN3O4. The number of pyridine rings is 2. The quantitative estimate of drug-likeness (QED) is 0.372. The van der Waals surface area contributed by atoms with Crippen molar-refractivity contribution in [1.29, 1.82) is 0 Å². The number of amides is 1. The van der Waals surface area contributed by atoms with Crippen LogP contribution in [0, 0.1) is 0 Å². The van der Waals surface area contributed by atoms with Crippen molar-refractivity contribution in [2.75, 3.05) is 7.11 Å². The van der Waals surface area contributed by atoms with E-state index in [9.17, 15) is 14.7 Å². The number of rotatable bonds is 5. The van der Waals surface area contributed by atoms with E-state index >= 15 is 0 Å². The molecule has 1 unspecified atom stereocenters. The van der Waals surface area contributed by atoms with Crippen LogP contribution in [-0.2, 0) is 16.1 Å². The lowest BCUT2D eigenvalue weighted by molar-refractivity contribution is -0.140. The molecule has 1 amide bonds. The highest BCUT2D eigenvalue weighted by molar-refractivity contribution is 6.46. The Hall–Kier alpha value is -3.71. The molecular weight excluding hydrogens is 418 g/mol. The van der Waals surface area contributed by atoms with Crippen molar-refractivity contribution in [2.24, 2.45) is 0 Å². The van der Waals surface area contributed by atoms with Gasteiger partial charge in [0.05, 0.1) is 35.6 Å². The van der Waals surface area contributed by atoms with E-state index in [1.165, 1.54) is 18.1 Å². The SMILES string of the molecule is COc1ccc(/C(O)=C2/C(=O)C(=O)N(Cc3ccccn3)C2c2ccccn2)cc1Cl. The van der Waals surface area contributed by atoms with Crippen molar-refractivity contribution >= 4 is 29.1 Å². The van der Waals surface area contributed by atoms with E-state index in [2.05, 4.69) is 9.97 Å². The van der Waals surface area contributed by atoms with Gasteiger partial charge in [-0.1, -0.05) is 23.7 Å². The molecule has 1 aromatic carbocycles. The van der Waals surface area contributed by atoms with Gasteiger partial charge < -0.3 is 14.7 Å². The number of nitrogens with zero attached hydrogens (tertiary/aromatic N) is 3. The fourth-order valence-electron chi connectivity index (χ4n) is 3.52. The summed E-state index contributed by atoms with van der Waals surface area (Å²) in [6.45, 7) is 0.0901. The van der Waals surface area contributed by atoms with Crippen molar-refractivity contribution in [3.8, 4) is 5.75 Å². The Morgan fingerprint density at radius 1 is 1.10 bits per heavy atom. The summed E-state index contributed by atoms with van der Waals surface area (Å²) >= 11 is 6.19. The van der Waals surface area contributed by atoms with Crippen LogP contribution in [0.15, 0.2) is 72.6 Å². The summed E-state index contributed by atoms with van der Waals surface area (Å²) in [4.78, 5) is 35.9. The fraction of sp³-hybridized carbons (Fsp3) is 0.130. The topological polar surface area (TPSA) is 92.6 Å². The van der Waals surface area contributed by atoms with Crippen LogP contribution >= 0.6 is 11.6 Å². The largest absolute Gasteiger partial charge is 0.507 e. The van der Waals surface area contributed by atoms with Crippen molar-refractivity contribution in [1.82, 2.24) is 14.9 Å². The summed E-state index contributed by atoms with van der Waals surface area (Å²) in [7, 11) is 1.48. The second-order valence-electron chi connectivity index (χ2n) is 6.85. The number of likely N-dealkylation sites (tertiary alicyclic amines) is 1. The van der Waals surface area contributed by atoms with Gasteiger partial charge in [0.25, 0.3) is 11.7 Å². The van der Waals surface area contributed by atoms with E-state index in [0.717, 1.165) is 0 Å². The zero-order valence-electron chi connectivity index (χ0n) is 16.5. The van der Waals surface area contributed by atoms with E-state index < -0.39 is 17.7 Å². The molecule has 156 valence electrons. The molecule has 1 atom stereocenters. The molecule has 3 heterocycles. The van der Waals surface area contributed by atoms with Gasteiger partial charge in [0.15, 0.2) is 0 Å². The number of carbonyl (C=O) groups excluding carboxylic acids is 2. The number of hydrogen-bond donors (Lipinski definition) is 1. The van der Waals surface area contributed by atoms with Gasteiger partial charge in [0, 0.05) is 18.0 Å². The number of aliphatic hydroxyl groups excluding tert-OH is 1. The summed E-state index contributed by atoms with van der Waals surface area (Å²) in [6, 6.07) is 14.3. The van der Waals surface area contributed by atoms with Crippen LogP contribution < -0.4 is 4.74 Å². The van der Waals surface area contributed by atoms with E-state index in [-0.39, 0.29) is 22.9 Å². The molecule has 1 fully saturated rings. The molecule has 0 bridgehead atoms. The third-order valence-electron chi connectivity index (χ3n) is 4.99. The standard InChI is InChI=1S/C23H18ClN3O4/c1-31-18-9-8-14(12-16(18)24)21(28)19-20(17-7-3-5-11-26-17)27(23(30)22(19)29)13-15-6-2-4-10-25-15/h2-12,20,28H,13H2,1H3/b21-19-. The smallest absolute Gasteiger partial charge is 0.296 e.